The summed E-state index contributed by atoms with van der Waals surface area (Å²) in [6.07, 6.45) is 4.35. The monoisotopic (exact) mass is 279 g/mol. The number of benzene rings is 1. The Morgan fingerprint density at radius 2 is 2.05 bits per heavy atom. The van der Waals surface area contributed by atoms with E-state index in [1.807, 2.05) is 25.1 Å². The van der Waals surface area contributed by atoms with Gasteiger partial charge in [0.25, 0.3) is 0 Å². The molecular formula is C16H13N3O2. The van der Waals surface area contributed by atoms with E-state index in [-0.39, 0.29) is 0 Å². The van der Waals surface area contributed by atoms with Crippen molar-refractivity contribution in [3.05, 3.63) is 54.5 Å². The second-order valence-corrected chi connectivity index (χ2v) is 4.63. The molecule has 0 fully saturated rings. The van der Waals surface area contributed by atoms with Crippen LogP contribution < -0.4 is 10.5 Å². The van der Waals surface area contributed by atoms with E-state index in [1.54, 1.807) is 30.7 Å². The summed E-state index contributed by atoms with van der Waals surface area (Å²) in [6.45, 7) is 1.98. The van der Waals surface area contributed by atoms with Crippen LogP contribution in [-0.2, 0) is 0 Å². The summed E-state index contributed by atoms with van der Waals surface area (Å²) in [5.41, 5.74) is 7.79. The first-order chi connectivity index (χ1) is 10.2. The second kappa shape index (κ2) is 5.20. The fraction of sp³-hybridized carbons (Fsp3) is 0.0625. The first kappa shape index (κ1) is 13.1. The number of carbonyl (C=O) groups excluding carboxylic acids is 1. The number of fused-ring (bicyclic) bond motifs is 1. The molecule has 5 nitrogen and oxygen atoms in total. The molecule has 0 atom stereocenters. The molecule has 0 aliphatic heterocycles. The van der Waals surface area contributed by atoms with E-state index in [1.165, 1.54) is 0 Å². The summed E-state index contributed by atoms with van der Waals surface area (Å²) < 4.78 is 5.11. The molecule has 3 aromatic rings. The smallest absolute Gasteiger partial charge is 0.409 e. The SMILES string of the molecule is Cc1ccncc1-c1nccc2cccc(OC(N)=O)c12. The van der Waals surface area contributed by atoms with Crippen LogP contribution in [0, 0.1) is 6.92 Å². The minimum Gasteiger partial charge on any atom is -0.410 e. The normalized spacial score (nSPS) is 10.5. The molecule has 104 valence electrons. The zero-order valence-electron chi connectivity index (χ0n) is 11.4. The number of rotatable bonds is 2. The molecule has 0 aliphatic rings. The maximum Gasteiger partial charge on any atom is 0.409 e. The molecule has 0 radical (unpaired) electrons. The van der Waals surface area contributed by atoms with Gasteiger partial charge in [0.1, 0.15) is 5.75 Å². The zero-order valence-corrected chi connectivity index (χ0v) is 11.4. The standard InChI is InChI=1S/C16H13N3O2/c1-10-5-7-18-9-12(10)15-14-11(6-8-19-15)3-2-4-13(14)21-16(17)20/h2-9H,1H3,(H2,17,20). The lowest BCUT2D eigenvalue weighted by atomic mass is 10.0. The van der Waals surface area contributed by atoms with E-state index in [0.29, 0.717) is 5.75 Å². The van der Waals surface area contributed by atoms with Gasteiger partial charge in [-0.05, 0) is 36.1 Å². The maximum atomic E-state index is 11.1. The molecular weight excluding hydrogens is 266 g/mol. The molecule has 1 aromatic carbocycles. The van der Waals surface area contributed by atoms with Crippen molar-refractivity contribution in [2.24, 2.45) is 5.73 Å². The summed E-state index contributed by atoms with van der Waals surface area (Å²) >= 11 is 0. The predicted octanol–water partition coefficient (Wildman–Crippen LogP) is 3.06. The van der Waals surface area contributed by atoms with Crippen molar-refractivity contribution in [1.29, 1.82) is 0 Å². The van der Waals surface area contributed by atoms with Crippen LogP contribution in [0.3, 0.4) is 0 Å². The Labute approximate surface area is 121 Å². The molecule has 0 aliphatic carbocycles. The molecule has 0 bridgehead atoms. The molecule has 21 heavy (non-hydrogen) atoms. The number of amides is 1. The maximum absolute atomic E-state index is 11.1. The minimum absolute atomic E-state index is 0.395. The number of pyridine rings is 2. The van der Waals surface area contributed by atoms with Crippen LogP contribution in [-0.4, -0.2) is 16.1 Å². The van der Waals surface area contributed by atoms with Crippen molar-refractivity contribution in [2.75, 3.05) is 0 Å². The van der Waals surface area contributed by atoms with Crippen LogP contribution in [0.5, 0.6) is 5.75 Å². The molecule has 5 heteroatoms. The molecule has 0 saturated carbocycles. The van der Waals surface area contributed by atoms with Gasteiger partial charge in [0.15, 0.2) is 0 Å². The molecule has 0 spiro atoms. The van der Waals surface area contributed by atoms with E-state index in [4.69, 9.17) is 10.5 Å². The minimum atomic E-state index is -0.847. The lowest BCUT2D eigenvalue weighted by Crippen LogP contribution is -2.16. The highest BCUT2D eigenvalue weighted by atomic mass is 16.5. The number of ether oxygens (including phenoxy) is 1. The van der Waals surface area contributed by atoms with Crippen LogP contribution in [0.1, 0.15) is 5.56 Å². The van der Waals surface area contributed by atoms with Crippen molar-refractivity contribution in [1.82, 2.24) is 9.97 Å². The third-order valence-electron chi connectivity index (χ3n) is 3.26. The molecule has 2 aromatic heterocycles. The lowest BCUT2D eigenvalue weighted by Gasteiger charge is -2.11. The van der Waals surface area contributed by atoms with Crippen LogP contribution in [0.2, 0.25) is 0 Å². The summed E-state index contributed by atoms with van der Waals surface area (Å²) in [7, 11) is 0. The predicted molar refractivity (Wildman–Crippen MR) is 79.9 cm³/mol. The zero-order chi connectivity index (χ0) is 14.8. The third-order valence-corrected chi connectivity index (χ3v) is 3.26. The number of primary amides is 1. The van der Waals surface area contributed by atoms with Gasteiger partial charge in [0, 0.05) is 24.2 Å². The second-order valence-electron chi connectivity index (χ2n) is 4.63. The Morgan fingerprint density at radius 1 is 1.19 bits per heavy atom. The van der Waals surface area contributed by atoms with E-state index >= 15 is 0 Å². The number of hydrogen-bond donors (Lipinski definition) is 1. The number of aromatic nitrogens is 2. The molecule has 0 saturated heterocycles. The van der Waals surface area contributed by atoms with Gasteiger partial charge in [0.2, 0.25) is 0 Å². The Hall–Kier alpha value is -2.95. The Kier molecular flexibility index (Phi) is 3.23. The quantitative estimate of drug-likeness (QED) is 0.782. The number of aryl methyl sites for hydroxylation is 1. The number of nitrogens with zero attached hydrogens (tertiary/aromatic N) is 2. The average Bonchev–Trinajstić information content (AvgIpc) is 2.47. The lowest BCUT2D eigenvalue weighted by molar-refractivity contribution is 0.211. The molecule has 2 heterocycles. The highest BCUT2D eigenvalue weighted by molar-refractivity contribution is 6.00. The number of nitrogens with two attached hydrogens (primary N) is 1. The fourth-order valence-corrected chi connectivity index (χ4v) is 2.31. The summed E-state index contributed by atoms with van der Waals surface area (Å²) in [4.78, 5) is 19.7. The van der Waals surface area contributed by atoms with Crippen LogP contribution in [0.25, 0.3) is 22.0 Å². The number of carbonyl (C=O) groups is 1. The molecule has 2 N–H and O–H groups in total. The number of hydrogen-bond acceptors (Lipinski definition) is 4. The van der Waals surface area contributed by atoms with Crippen molar-refractivity contribution in [3.63, 3.8) is 0 Å². The third kappa shape index (κ3) is 2.41. The summed E-state index contributed by atoms with van der Waals surface area (Å²) in [5, 5.41) is 1.66. The van der Waals surface area contributed by atoms with Gasteiger partial charge in [-0.2, -0.15) is 0 Å². The van der Waals surface area contributed by atoms with Crippen molar-refractivity contribution in [2.45, 2.75) is 6.92 Å². The van der Waals surface area contributed by atoms with Crippen molar-refractivity contribution < 1.29 is 9.53 Å². The van der Waals surface area contributed by atoms with Crippen molar-refractivity contribution >= 4 is 16.9 Å². The van der Waals surface area contributed by atoms with E-state index in [2.05, 4.69) is 9.97 Å². The van der Waals surface area contributed by atoms with E-state index < -0.39 is 6.09 Å². The highest BCUT2D eigenvalue weighted by Gasteiger charge is 2.13. The highest BCUT2D eigenvalue weighted by Crippen LogP contribution is 2.34. The van der Waals surface area contributed by atoms with Gasteiger partial charge in [0.05, 0.1) is 11.1 Å². The van der Waals surface area contributed by atoms with Crippen molar-refractivity contribution in [3.8, 4) is 17.0 Å². The van der Waals surface area contributed by atoms with E-state index in [9.17, 15) is 4.79 Å². The molecule has 1 amide bonds. The topological polar surface area (TPSA) is 78.1 Å². The molecule has 0 unspecified atom stereocenters. The first-order valence-corrected chi connectivity index (χ1v) is 6.43. The van der Waals surface area contributed by atoms with Crippen LogP contribution in [0.15, 0.2) is 48.9 Å². The van der Waals surface area contributed by atoms with Gasteiger partial charge in [-0.3, -0.25) is 9.97 Å². The Morgan fingerprint density at radius 3 is 2.81 bits per heavy atom. The average molecular weight is 279 g/mol. The van der Waals surface area contributed by atoms with Gasteiger partial charge in [-0.1, -0.05) is 12.1 Å². The first-order valence-electron chi connectivity index (χ1n) is 6.43. The fourth-order valence-electron chi connectivity index (χ4n) is 2.31. The Balaban J connectivity index is 2.33. The van der Waals surface area contributed by atoms with Gasteiger partial charge in [-0.25, -0.2) is 4.79 Å². The van der Waals surface area contributed by atoms with Crippen LogP contribution >= 0.6 is 0 Å². The summed E-state index contributed by atoms with van der Waals surface area (Å²) in [5.74, 6) is 0.395. The van der Waals surface area contributed by atoms with E-state index in [0.717, 1.165) is 27.6 Å². The Bertz CT molecular complexity index is 825. The summed E-state index contributed by atoms with van der Waals surface area (Å²) in [6, 6.07) is 9.20. The largest absolute Gasteiger partial charge is 0.410 e. The van der Waals surface area contributed by atoms with Gasteiger partial charge in [-0.15, -0.1) is 0 Å². The molecule has 3 rings (SSSR count). The van der Waals surface area contributed by atoms with Gasteiger partial charge >= 0.3 is 6.09 Å². The van der Waals surface area contributed by atoms with Gasteiger partial charge < -0.3 is 10.5 Å². The van der Waals surface area contributed by atoms with Crippen LogP contribution in [0.4, 0.5) is 4.79 Å².